The summed E-state index contributed by atoms with van der Waals surface area (Å²) in [5.41, 5.74) is -0.826. The van der Waals surface area contributed by atoms with Gasteiger partial charge in [-0.3, -0.25) is 10.1 Å². The second-order valence-corrected chi connectivity index (χ2v) is 6.82. The van der Waals surface area contributed by atoms with Crippen LogP contribution >= 0.6 is 0 Å². The number of halogens is 2. The molecule has 1 N–H and O–H groups in total. The maximum Gasteiger partial charge on any atom is 0.341 e. The molecule has 1 saturated heterocycles. The highest BCUT2D eigenvalue weighted by molar-refractivity contribution is 7.91. The molecule has 1 fully saturated rings. The highest BCUT2D eigenvalue weighted by Gasteiger charge is 2.36. The van der Waals surface area contributed by atoms with Crippen molar-refractivity contribution in [2.45, 2.75) is 29.5 Å². The normalized spacial score (nSPS) is 18.4. The number of carboxylic acid groups (broad SMARTS) is 1. The lowest BCUT2D eigenvalue weighted by atomic mass is 10.2. The van der Waals surface area contributed by atoms with E-state index in [4.69, 9.17) is 5.11 Å². The minimum atomic E-state index is -4.98. The Hall–Kier alpha value is -2.30. The van der Waals surface area contributed by atoms with E-state index in [1.54, 1.807) is 0 Å². The molecule has 8 nitrogen and oxygen atoms in total. The van der Waals surface area contributed by atoms with Crippen molar-refractivity contribution in [3.8, 4) is 0 Å². The summed E-state index contributed by atoms with van der Waals surface area (Å²) in [5.74, 6) is -4.87. The Morgan fingerprint density at radius 3 is 2.61 bits per heavy atom. The largest absolute Gasteiger partial charge is 0.480 e. The number of nitrogens with zero attached hydrogens (tertiary/aromatic N) is 2. The van der Waals surface area contributed by atoms with E-state index in [1.807, 2.05) is 0 Å². The standard InChI is InChI=1S/C12H12F2N2O6S/c13-12(14)23(21,22)7-3-4-8(10(6-7)16(19)20)15-5-1-2-9(15)11(17)18/h3-4,6,9,12H,1-2,5H2,(H,17,18). The number of anilines is 1. The van der Waals surface area contributed by atoms with E-state index in [1.165, 1.54) is 4.90 Å². The van der Waals surface area contributed by atoms with Crippen LogP contribution in [0.15, 0.2) is 23.1 Å². The summed E-state index contributed by atoms with van der Waals surface area (Å²) < 4.78 is 48.0. The molecule has 0 amide bonds. The second kappa shape index (κ2) is 6.07. The van der Waals surface area contributed by atoms with E-state index in [0.29, 0.717) is 12.5 Å². The van der Waals surface area contributed by atoms with Crippen LogP contribution in [0.3, 0.4) is 0 Å². The summed E-state index contributed by atoms with van der Waals surface area (Å²) in [5, 5.41) is 20.3. The third-order valence-electron chi connectivity index (χ3n) is 3.55. The lowest BCUT2D eigenvalue weighted by Gasteiger charge is -2.23. The first-order chi connectivity index (χ1) is 10.7. The van der Waals surface area contributed by atoms with Gasteiger partial charge in [0.1, 0.15) is 11.7 Å². The molecule has 0 radical (unpaired) electrons. The summed E-state index contributed by atoms with van der Waals surface area (Å²) in [4.78, 5) is 21.8. The molecule has 1 aliphatic rings. The molecule has 0 saturated carbocycles. The lowest BCUT2D eigenvalue weighted by Crippen LogP contribution is -2.36. The number of nitro groups is 1. The fourth-order valence-electron chi connectivity index (χ4n) is 2.48. The van der Waals surface area contributed by atoms with E-state index in [-0.39, 0.29) is 18.7 Å². The van der Waals surface area contributed by atoms with Crippen molar-refractivity contribution in [1.29, 1.82) is 0 Å². The highest BCUT2D eigenvalue weighted by atomic mass is 32.2. The highest BCUT2D eigenvalue weighted by Crippen LogP contribution is 2.36. The molecule has 0 aromatic heterocycles. The van der Waals surface area contributed by atoms with Crippen molar-refractivity contribution in [2.75, 3.05) is 11.4 Å². The van der Waals surface area contributed by atoms with Crippen LogP contribution in [0.25, 0.3) is 0 Å². The van der Waals surface area contributed by atoms with Crippen molar-refractivity contribution in [3.63, 3.8) is 0 Å². The van der Waals surface area contributed by atoms with Crippen LogP contribution < -0.4 is 4.90 Å². The SMILES string of the molecule is O=C(O)C1CCCN1c1ccc(S(=O)(=O)C(F)F)cc1[N+](=O)[O-]. The van der Waals surface area contributed by atoms with Gasteiger partial charge in [0.25, 0.3) is 5.69 Å². The van der Waals surface area contributed by atoms with Gasteiger partial charge >= 0.3 is 11.7 Å². The van der Waals surface area contributed by atoms with E-state index in [2.05, 4.69) is 0 Å². The number of aliphatic carboxylic acids is 1. The molecule has 0 aliphatic carbocycles. The minimum absolute atomic E-state index is 0.104. The molecule has 0 bridgehead atoms. The Bertz CT molecular complexity index is 752. The molecule has 1 unspecified atom stereocenters. The third kappa shape index (κ3) is 3.09. The molecule has 1 aromatic rings. The zero-order chi connectivity index (χ0) is 17.4. The smallest absolute Gasteiger partial charge is 0.341 e. The molecule has 2 rings (SSSR count). The summed E-state index contributed by atoms with van der Waals surface area (Å²) in [6.07, 6.45) is 0.773. The van der Waals surface area contributed by atoms with Gasteiger partial charge < -0.3 is 10.0 Å². The van der Waals surface area contributed by atoms with E-state index >= 15 is 0 Å². The molecule has 1 atom stereocenters. The van der Waals surface area contributed by atoms with Crippen LogP contribution in [0.1, 0.15) is 12.8 Å². The van der Waals surface area contributed by atoms with Crippen molar-refractivity contribution < 1.29 is 32.0 Å². The number of hydrogen-bond donors (Lipinski definition) is 1. The fraction of sp³-hybridized carbons (Fsp3) is 0.417. The van der Waals surface area contributed by atoms with E-state index in [9.17, 15) is 32.1 Å². The predicted molar refractivity (Wildman–Crippen MR) is 74.3 cm³/mol. The topological polar surface area (TPSA) is 118 Å². The molecular weight excluding hydrogens is 338 g/mol. The third-order valence-corrected chi connectivity index (χ3v) is 4.93. The van der Waals surface area contributed by atoms with Crippen molar-refractivity contribution >= 4 is 27.2 Å². The first-order valence-electron chi connectivity index (χ1n) is 6.46. The monoisotopic (exact) mass is 350 g/mol. The number of sulfone groups is 1. The molecule has 1 aromatic carbocycles. The van der Waals surface area contributed by atoms with Crippen LogP contribution in [0, 0.1) is 10.1 Å². The second-order valence-electron chi connectivity index (χ2n) is 4.90. The Balaban J connectivity index is 2.54. The van der Waals surface area contributed by atoms with Crippen LogP contribution in [0.2, 0.25) is 0 Å². The van der Waals surface area contributed by atoms with Crippen molar-refractivity contribution in [3.05, 3.63) is 28.3 Å². The number of rotatable bonds is 5. The molecule has 23 heavy (non-hydrogen) atoms. The average Bonchev–Trinajstić information content (AvgIpc) is 2.95. The molecule has 1 heterocycles. The fourth-order valence-corrected chi connectivity index (χ4v) is 3.22. The predicted octanol–water partition coefficient (Wildman–Crippen LogP) is 1.64. The van der Waals surface area contributed by atoms with Crippen LogP contribution in [0.4, 0.5) is 20.2 Å². The Morgan fingerprint density at radius 1 is 1.43 bits per heavy atom. The van der Waals surface area contributed by atoms with Crippen molar-refractivity contribution in [1.82, 2.24) is 0 Å². The maximum absolute atomic E-state index is 12.6. The number of benzene rings is 1. The van der Waals surface area contributed by atoms with Gasteiger partial charge in [-0.25, -0.2) is 13.2 Å². The Labute approximate surface area is 129 Å². The number of nitro benzene ring substituents is 1. The summed E-state index contributed by atoms with van der Waals surface area (Å²) in [6, 6.07) is 1.37. The molecule has 11 heteroatoms. The molecule has 0 spiro atoms. The van der Waals surface area contributed by atoms with Gasteiger partial charge in [-0.1, -0.05) is 0 Å². The van der Waals surface area contributed by atoms with Gasteiger partial charge in [0.15, 0.2) is 0 Å². The molecule has 126 valence electrons. The molecule has 1 aliphatic heterocycles. The first-order valence-corrected chi connectivity index (χ1v) is 8.01. The summed E-state index contributed by atoms with van der Waals surface area (Å²) in [7, 11) is -4.98. The van der Waals surface area contributed by atoms with Crippen LogP contribution in [-0.4, -0.2) is 42.8 Å². The quantitative estimate of drug-likeness (QED) is 0.633. The lowest BCUT2D eigenvalue weighted by molar-refractivity contribution is -0.384. The maximum atomic E-state index is 12.6. The van der Waals surface area contributed by atoms with Crippen LogP contribution in [-0.2, 0) is 14.6 Å². The summed E-state index contributed by atoms with van der Waals surface area (Å²) in [6.45, 7) is 0.235. The van der Waals surface area contributed by atoms with Gasteiger partial charge in [0, 0.05) is 12.6 Å². The number of carbonyl (C=O) groups is 1. The zero-order valence-corrected chi connectivity index (χ0v) is 12.4. The van der Waals surface area contributed by atoms with Crippen LogP contribution in [0.5, 0.6) is 0 Å². The summed E-state index contributed by atoms with van der Waals surface area (Å²) >= 11 is 0. The Kier molecular flexibility index (Phi) is 4.50. The van der Waals surface area contributed by atoms with Gasteiger partial charge in [0.2, 0.25) is 9.84 Å². The van der Waals surface area contributed by atoms with Gasteiger partial charge in [-0.15, -0.1) is 0 Å². The number of alkyl halides is 2. The number of carboxylic acids is 1. The zero-order valence-electron chi connectivity index (χ0n) is 11.6. The average molecular weight is 350 g/mol. The van der Waals surface area contributed by atoms with Crippen molar-refractivity contribution in [2.24, 2.45) is 0 Å². The first kappa shape index (κ1) is 17.1. The van der Waals surface area contributed by atoms with E-state index in [0.717, 1.165) is 12.1 Å². The van der Waals surface area contributed by atoms with Gasteiger partial charge in [0.05, 0.1) is 9.82 Å². The number of hydrogen-bond acceptors (Lipinski definition) is 6. The van der Waals surface area contributed by atoms with E-state index < -0.39 is 43.1 Å². The minimum Gasteiger partial charge on any atom is -0.480 e. The Morgan fingerprint density at radius 2 is 2.09 bits per heavy atom. The van der Waals surface area contributed by atoms with Gasteiger partial charge in [-0.05, 0) is 25.0 Å². The molecular formula is C12H12F2N2O6S. The van der Waals surface area contributed by atoms with Gasteiger partial charge in [-0.2, -0.15) is 8.78 Å².